The number of carbonyl (C=O) groups is 2. The van der Waals surface area contributed by atoms with E-state index in [1.54, 1.807) is 49.4 Å². The second-order valence-corrected chi connectivity index (χ2v) is 11.2. The van der Waals surface area contributed by atoms with Gasteiger partial charge in [0.1, 0.15) is 17.6 Å². The molecule has 8 nitrogen and oxygen atoms in total. The predicted molar refractivity (Wildman–Crippen MR) is 143 cm³/mol. The van der Waals surface area contributed by atoms with E-state index in [4.69, 9.17) is 4.74 Å². The molecular weight excluding hydrogens is 497 g/mol. The number of carbonyl (C=O) groups excluding carboxylic acids is 2. The standard InChI is InChI=1S/C27H38FN3O5S/c1-6-36-25-15-10-9-14-24(25)31(37(5,34)35)17-11-16-26(32)30(19-22-12-7-8-13-23(22)28)21(4)27(33)29-18-20(2)3/h7-10,12-15,20-21H,6,11,16-19H2,1-5H3,(H,29,33)/t21-/m1/s1. The zero-order chi connectivity index (χ0) is 27.6. The number of hydrogen-bond acceptors (Lipinski definition) is 5. The summed E-state index contributed by atoms with van der Waals surface area (Å²) in [4.78, 5) is 27.4. The van der Waals surface area contributed by atoms with Gasteiger partial charge in [-0.3, -0.25) is 13.9 Å². The highest BCUT2D eigenvalue weighted by atomic mass is 32.2. The van der Waals surface area contributed by atoms with Gasteiger partial charge in [0.25, 0.3) is 0 Å². The van der Waals surface area contributed by atoms with Crippen molar-refractivity contribution in [1.82, 2.24) is 10.2 Å². The number of para-hydroxylation sites is 2. The Bertz CT molecular complexity index is 1160. The van der Waals surface area contributed by atoms with Crippen molar-refractivity contribution in [3.8, 4) is 5.75 Å². The van der Waals surface area contributed by atoms with Crippen LogP contribution in [-0.4, -0.2) is 57.1 Å². The Hall–Kier alpha value is -3.14. The first kappa shape index (κ1) is 30.1. The third-order valence-electron chi connectivity index (χ3n) is 5.74. The number of rotatable bonds is 14. The average Bonchev–Trinajstić information content (AvgIpc) is 2.84. The monoisotopic (exact) mass is 535 g/mol. The quantitative estimate of drug-likeness (QED) is 0.395. The van der Waals surface area contributed by atoms with E-state index in [0.29, 0.717) is 30.2 Å². The molecule has 10 heteroatoms. The van der Waals surface area contributed by atoms with Crippen LogP contribution in [0.25, 0.3) is 0 Å². The van der Waals surface area contributed by atoms with Crippen molar-refractivity contribution in [2.24, 2.45) is 5.92 Å². The van der Waals surface area contributed by atoms with Crippen LogP contribution in [0.5, 0.6) is 5.75 Å². The van der Waals surface area contributed by atoms with Gasteiger partial charge in [-0.05, 0) is 44.4 Å². The van der Waals surface area contributed by atoms with Crippen molar-refractivity contribution in [3.63, 3.8) is 0 Å². The predicted octanol–water partition coefficient (Wildman–Crippen LogP) is 3.96. The van der Waals surface area contributed by atoms with Gasteiger partial charge >= 0.3 is 0 Å². The van der Waals surface area contributed by atoms with Crippen molar-refractivity contribution < 1.29 is 27.1 Å². The second kappa shape index (κ2) is 14.0. The number of ether oxygens (including phenoxy) is 1. The maximum absolute atomic E-state index is 14.4. The Labute approximate surface area is 219 Å². The van der Waals surface area contributed by atoms with Crippen LogP contribution in [-0.2, 0) is 26.2 Å². The van der Waals surface area contributed by atoms with Crippen molar-refractivity contribution in [3.05, 3.63) is 59.9 Å². The van der Waals surface area contributed by atoms with Gasteiger partial charge < -0.3 is 15.0 Å². The molecule has 0 unspecified atom stereocenters. The smallest absolute Gasteiger partial charge is 0.242 e. The third-order valence-corrected chi connectivity index (χ3v) is 6.92. The molecule has 1 atom stereocenters. The molecule has 2 aromatic carbocycles. The molecule has 1 N–H and O–H groups in total. The number of nitrogens with zero attached hydrogens (tertiary/aromatic N) is 2. The van der Waals surface area contributed by atoms with Crippen LogP contribution < -0.4 is 14.4 Å². The van der Waals surface area contributed by atoms with Gasteiger partial charge in [0.05, 0.1) is 18.6 Å². The lowest BCUT2D eigenvalue weighted by Gasteiger charge is -2.30. The Balaban J connectivity index is 2.21. The summed E-state index contributed by atoms with van der Waals surface area (Å²) < 4.78 is 46.4. The molecule has 0 aromatic heterocycles. The number of nitrogens with one attached hydrogen (secondary N) is 1. The van der Waals surface area contributed by atoms with E-state index < -0.39 is 21.9 Å². The van der Waals surface area contributed by atoms with Crippen molar-refractivity contribution in [2.75, 3.05) is 30.3 Å². The van der Waals surface area contributed by atoms with Gasteiger partial charge in [0.15, 0.2) is 0 Å². The molecule has 0 aliphatic rings. The van der Waals surface area contributed by atoms with Crippen LogP contribution in [0.15, 0.2) is 48.5 Å². The fourth-order valence-electron chi connectivity index (χ4n) is 3.77. The van der Waals surface area contributed by atoms with Gasteiger partial charge in [-0.25, -0.2) is 12.8 Å². The molecule has 2 rings (SSSR count). The van der Waals surface area contributed by atoms with E-state index >= 15 is 0 Å². The zero-order valence-corrected chi connectivity index (χ0v) is 23.1. The van der Waals surface area contributed by atoms with Gasteiger partial charge in [-0.15, -0.1) is 0 Å². The molecule has 0 spiro atoms. The van der Waals surface area contributed by atoms with Crippen molar-refractivity contribution in [1.29, 1.82) is 0 Å². The second-order valence-electron chi connectivity index (χ2n) is 9.27. The van der Waals surface area contributed by atoms with Crippen molar-refractivity contribution in [2.45, 2.75) is 53.1 Å². The van der Waals surface area contributed by atoms with E-state index in [9.17, 15) is 22.4 Å². The topological polar surface area (TPSA) is 96.0 Å². The molecule has 0 bridgehead atoms. The Morgan fingerprint density at radius 2 is 1.70 bits per heavy atom. The van der Waals surface area contributed by atoms with Crippen LogP contribution in [0.3, 0.4) is 0 Å². The number of hydrogen-bond donors (Lipinski definition) is 1. The SMILES string of the molecule is CCOc1ccccc1N(CCCC(=O)N(Cc1ccccc1F)[C@H](C)C(=O)NCC(C)C)S(C)(=O)=O. The number of amides is 2. The van der Waals surface area contributed by atoms with E-state index in [2.05, 4.69) is 5.32 Å². The zero-order valence-electron chi connectivity index (χ0n) is 22.2. The Morgan fingerprint density at radius 3 is 2.32 bits per heavy atom. The number of benzene rings is 2. The summed E-state index contributed by atoms with van der Waals surface area (Å²) in [6.45, 7) is 8.12. The molecule has 0 fully saturated rings. The maximum Gasteiger partial charge on any atom is 0.242 e. The number of halogens is 1. The lowest BCUT2D eigenvalue weighted by molar-refractivity contribution is -0.140. The molecule has 2 amide bonds. The number of sulfonamides is 1. The molecular formula is C27H38FN3O5S. The van der Waals surface area contributed by atoms with Gasteiger partial charge in [-0.1, -0.05) is 44.2 Å². The van der Waals surface area contributed by atoms with E-state index in [1.807, 2.05) is 20.8 Å². The average molecular weight is 536 g/mol. The molecule has 37 heavy (non-hydrogen) atoms. The summed E-state index contributed by atoms with van der Waals surface area (Å²) in [5.74, 6) is -0.513. The molecule has 0 radical (unpaired) electrons. The van der Waals surface area contributed by atoms with Gasteiger partial charge in [0, 0.05) is 31.6 Å². The summed E-state index contributed by atoms with van der Waals surface area (Å²) >= 11 is 0. The first-order valence-corrected chi connectivity index (χ1v) is 14.3. The molecule has 0 aliphatic heterocycles. The molecule has 0 heterocycles. The summed E-state index contributed by atoms with van der Waals surface area (Å²) in [5, 5.41) is 2.82. The van der Waals surface area contributed by atoms with Crippen molar-refractivity contribution >= 4 is 27.5 Å². The maximum atomic E-state index is 14.4. The summed E-state index contributed by atoms with van der Waals surface area (Å²) in [5.41, 5.74) is 0.687. The summed E-state index contributed by atoms with van der Waals surface area (Å²) in [7, 11) is -3.66. The number of anilines is 1. The lowest BCUT2D eigenvalue weighted by atomic mass is 10.1. The third kappa shape index (κ3) is 9.03. The van der Waals surface area contributed by atoms with E-state index in [1.165, 1.54) is 15.3 Å². The van der Waals surface area contributed by atoms with Crippen LogP contribution >= 0.6 is 0 Å². The molecule has 204 valence electrons. The molecule has 2 aromatic rings. The molecule has 0 saturated carbocycles. The largest absolute Gasteiger partial charge is 0.492 e. The van der Waals surface area contributed by atoms with Crippen LogP contribution in [0, 0.1) is 11.7 Å². The highest BCUT2D eigenvalue weighted by Gasteiger charge is 2.28. The highest BCUT2D eigenvalue weighted by Crippen LogP contribution is 2.30. The Kier molecular flexibility index (Phi) is 11.4. The molecule has 0 aliphatic carbocycles. The van der Waals surface area contributed by atoms with Crippen LogP contribution in [0.4, 0.5) is 10.1 Å². The minimum atomic E-state index is -3.66. The van der Waals surface area contributed by atoms with E-state index in [-0.39, 0.29) is 43.7 Å². The van der Waals surface area contributed by atoms with Gasteiger partial charge in [-0.2, -0.15) is 0 Å². The first-order valence-electron chi connectivity index (χ1n) is 12.5. The normalized spacial score (nSPS) is 12.2. The fraction of sp³-hybridized carbons (Fsp3) is 0.481. The van der Waals surface area contributed by atoms with Crippen LogP contribution in [0.2, 0.25) is 0 Å². The Morgan fingerprint density at radius 1 is 1.05 bits per heavy atom. The minimum absolute atomic E-state index is 0.0287. The fourth-order valence-corrected chi connectivity index (χ4v) is 4.74. The van der Waals surface area contributed by atoms with Crippen LogP contribution in [0.1, 0.15) is 46.1 Å². The summed E-state index contributed by atoms with van der Waals surface area (Å²) in [6.07, 6.45) is 1.27. The first-order chi connectivity index (χ1) is 17.5. The lowest BCUT2D eigenvalue weighted by Crippen LogP contribution is -2.48. The molecule has 0 saturated heterocycles. The minimum Gasteiger partial charge on any atom is -0.492 e. The van der Waals surface area contributed by atoms with Gasteiger partial charge in [0.2, 0.25) is 21.8 Å². The van der Waals surface area contributed by atoms with E-state index in [0.717, 1.165) is 6.26 Å². The highest BCUT2D eigenvalue weighted by molar-refractivity contribution is 7.92. The summed E-state index contributed by atoms with van der Waals surface area (Å²) in [6, 6.07) is 12.1.